The molecule has 1 aliphatic heterocycles. The van der Waals surface area contributed by atoms with Crippen LogP contribution in [0.25, 0.3) is 0 Å². The van der Waals surface area contributed by atoms with Gasteiger partial charge in [-0.25, -0.2) is 0 Å². The van der Waals surface area contributed by atoms with Gasteiger partial charge in [-0.3, -0.25) is 0 Å². The van der Waals surface area contributed by atoms with E-state index in [-0.39, 0.29) is 19.2 Å². The van der Waals surface area contributed by atoms with Gasteiger partial charge in [0.15, 0.2) is 0 Å². The normalized spacial score (nSPS) is 19.0. The topological polar surface area (TPSA) is 60.9 Å². The van der Waals surface area contributed by atoms with E-state index in [1.54, 1.807) is 4.31 Å². The Hall–Kier alpha value is -0.170. The quantitative estimate of drug-likeness (QED) is 0.775. The van der Waals surface area contributed by atoms with E-state index in [2.05, 4.69) is 0 Å². The van der Waals surface area contributed by atoms with E-state index in [1.807, 2.05) is 13.8 Å². The first kappa shape index (κ1) is 16.9. The highest BCUT2D eigenvalue weighted by atomic mass is 32.2. The van der Waals surface area contributed by atoms with Gasteiger partial charge in [0.2, 0.25) is 0 Å². The first-order chi connectivity index (χ1) is 9.07. The van der Waals surface area contributed by atoms with Gasteiger partial charge in [-0.15, -0.1) is 0 Å². The molecule has 0 bridgehead atoms. The average molecular weight is 292 g/mol. The van der Waals surface area contributed by atoms with Crippen molar-refractivity contribution in [3.05, 3.63) is 0 Å². The van der Waals surface area contributed by atoms with Crippen LogP contribution in [0, 0.1) is 0 Å². The minimum absolute atomic E-state index is 0.0135. The lowest BCUT2D eigenvalue weighted by Crippen LogP contribution is -2.49. The van der Waals surface area contributed by atoms with Crippen molar-refractivity contribution < 1.29 is 13.5 Å². The first-order valence-electron chi connectivity index (χ1n) is 7.45. The molecule has 1 N–H and O–H groups in total. The van der Waals surface area contributed by atoms with E-state index in [1.165, 1.54) is 4.31 Å². The highest BCUT2D eigenvalue weighted by molar-refractivity contribution is 7.86. The molecule has 0 spiro atoms. The molecule has 1 heterocycles. The van der Waals surface area contributed by atoms with Gasteiger partial charge in [-0.1, -0.05) is 26.7 Å². The molecule has 1 fully saturated rings. The molecule has 0 aromatic carbocycles. The van der Waals surface area contributed by atoms with Crippen LogP contribution in [-0.2, 0) is 10.2 Å². The smallest absolute Gasteiger partial charge is 0.282 e. The van der Waals surface area contributed by atoms with Gasteiger partial charge in [0, 0.05) is 25.7 Å². The summed E-state index contributed by atoms with van der Waals surface area (Å²) in [4.78, 5) is 0. The van der Waals surface area contributed by atoms with Crippen molar-refractivity contribution in [3.63, 3.8) is 0 Å². The van der Waals surface area contributed by atoms with Crippen molar-refractivity contribution in [1.82, 2.24) is 8.61 Å². The first-order valence-corrected chi connectivity index (χ1v) is 8.85. The van der Waals surface area contributed by atoms with Gasteiger partial charge < -0.3 is 5.11 Å². The Morgan fingerprint density at radius 2 is 1.63 bits per heavy atom. The molecule has 0 radical (unpaired) electrons. The second kappa shape index (κ2) is 8.19. The van der Waals surface area contributed by atoms with Gasteiger partial charge in [0.1, 0.15) is 0 Å². The van der Waals surface area contributed by atoms with E-state index in [0.29, 0.717) is 13.1 Å². The molecule has 0 amide bonds. The Morgan fingerprint density at radius 3 is 2.05 bits per heavy atom. The fourth-order valence-electron chi connectivity index (χ4n) is 2.70. The van der Waals surface area contributed by atoms with Crippen molar-refractivity contribution in [2.45, 2.75) is 58.4 Å². The van der Waals surface area contributed by atoms with Crippen LogP contribution >= 0.6 is 0 Å². The predicted octanol–water partition coefficient (Wildman–Crippen LogP) is 1.59. The molecule has 1 saturated heterocycles. The standard InChI is InChI=1S/C13H28N2O3S/c1-3-13(4-2)15(11-12-16)19(17,18)14-9-7-5-6-8-10-14/h13,16H,3-12H2,1-2H3. The molecule has 1 aliphatic rings. The molecule has 1 rings (SSSR count). The van der Waals surface area contributed by atoms with Gasteiger partial charge >= 0.3 is 0 Å². The molecule has 0 saturated carbocycles. The zero-order valence-corrected chi connectivity index (χ0v) is 13.0. The van der Waals surface area contributed by atoms with E-state index < -0.39 is 10.2 Å². The summed E-state index contributed by atoms with van der Waals surface area (Å²) in [6.07, 6.45) is 5.66. The molecular weight excluding hydrogens is 264 g/mol. The van der Waals surface area contributed by atoms with E-state index >= 15 is 0 Å². The van der Waals surface area contributed by atoms with Crippen LogP contribution in [0.1, 0.15) is 52.4 Å². The van der Waals surface area contributed by atoms with Crippen molar-refractivity contribution >= 4 is 10.2 Å². The highest BCUT2D eigenvalue weighted by Gasteiger charge is 2.33. The Balaban J connectivity index is 2.90. The Kier molecular flexibility index (Phi) is 7.28. The third kappa shape index (κ3) is 4.41. The van der Waals surface area contributed by atoms with Crippen LogP contribution in [0.2, 0.25) is 0 Å². The largest absolute Gasteiger partial charge is 0.395 e. The van der Waals surface area contributed by atoms with Gasteiger partial charge in [-0.2, -0.15) is 17.0 Å². The number of rotatable bonds is 7. The maximum absolute atomic E-state index is 12.7. The van der Waals surface area contributed by atoms with Crippen molar-refractivity contribution in [2.24, 2.45) is 0 Å². The number of aliphatic hydroxyl groups excluding tert-OH is 1. The summed E-state index contributed by atoms with van der Waals surface area (Å²) < 4.78 is 28.6. The molecule has 114 valence electrons. The zero-order chi connectivity index (χ0) is 14.3. The minimum Gasteiger partial charge on any atom is -0.395 e. The molecule has 0 aromatic rings. The molecule has 5 nitrogen and oxygen atoms in total. The maximum atomic E-state index is 12.7. The SMILES string of the molecule is CCC(CC)N(CCO)S(=O)(=O)N1CCCCCC1. The third-order valence-electron chi connectivity index (χ3n) is 3.86. The van der Waals surface area contributed by atoms with Crippen LogP contribution in [0.4, 0.5) is 0 Å². The lowest BCUT2D eigenvalue weighted by molar-refractivity contribution is 0.208. The lowest BCUT2D eigenvalue weighted by atomic mass is 10.2. The predicted molar refractivity (Wildman–Crippen MR) is 77.1 cm³/mol. The summed E-state index contributed by atoms with van der Waals surface area (Å²) in [7, 11) is -3.43. The Labute approximate surface area is 117 Å². The maximum Gasteiger partial charge on any atom is 0.282 e. The van der Waals surface area contributed by atoms with Crippen LogP contribution in [0.5, 0.6) is 0 Å². The van der Waals surface area contributed by atoms with E-state index in [9.17, 15) is 8.42 Å². The fourth-order valence-corrected chi connectivity index (χ4v) is 4.71. The monoisotopic (exact) mass is 292 g/mol. The Morgan fingerprint density at radius 1 is 1.11 bits per heavy atom. The third-order valence-corrected chi connectivity index (χ3v) is 5.95. The summed E-state index contributed by atoms with van der Waals surface area (Å²) in [5.41, 5.74) is 0. The van der Waals surface area contributed by atoms with Crippen molar-refractivity contribution in [2.75, 3.05) is 26.2 Å². The summed E-state index contributed by atoms with van der Waals surface area (Å²) in [6, 6.07) is -0.0135. The molecule has 0 aromatic heterocycles. The highest BCUT2D eigenvalue weighted by Crippen LogP contribution is 2.20. The van der Waals surface area contributed by atoms with Crippen LogP contribution < -0.4 is 0 Å². The molecule has 0 aliphatic carbocycles. The van der Waals surface area contributed by atoms with Gasteiger partial charge in [0.05, 0.1) is 6.61 Å². The summed E-state index contributed by atoms with van der Waals surface area (Å²) in [6.45, 7) is 5.30. The lowest BCUT2D eigenvalue weighted by Gasteiger charge is -2.33. The zero-order valence-electron chi connectivity index (χ0n) is 12.2. The number of hydrogen-bond donors (Lipinski definition) is 1. The second-order valence-electron chi connectivity index (χ2n) is 5.13. The molecule has 19 heavy (non-hydrogen) atoms. The number of hydrogen-bond acceptors (Lipinski definition) is 3. The number of nitrogens with zero attached hydrogens (tertiary/aromatic N) is 2. The average Bonchev–Trinajstić information content (AvgIpc) is 2.68. The van der Waals surface area contributed by atoms with E-state index in [0.717, 1.165) is 38.5 Å². The fraction of sp³-hybridized carbons (Fsp3) is 1.00. The minimum atomic E-state index is -3.43. The van der Waals surface area contributed by atoms with Crippen LogP contribution in [0.3, 0.4) is 0 Å². The molecule has 0 unspecified atom stereocenters. The Bertz CT molecular complexity index is 334. The van der Waals surface area contributed by atoms with Crippen LogP contribution in [-0.4, -0.2) is 54.4 Å². The van der Waals surface area contributed by atoms with Crippen molar-refractivity contribution in [3.8, 4) is 0 Å². The van der Waals surface area contributed by atoms with Crippen LogP contribution in [0.15, 0.2) is 0 Å². The van der Waals surface area contributed by atoms with Gasteiger partial charge in [-0.05, 0) is 25.7 Å². The summed E-state index contributed by atoms with van der Waals surface area (Å²) in [5, 5.41) is 9.17. The summed E-state index contributed by atoms with van der Waals surface area (Å²) >= 11 is 0. The number of aliphatic hydroxyl groups is 1. The second-order valence-corrected chi connectivity index (χ2v) is 7.01. The van der Waals surface area contributed by atoms with Crippen molar-refractivity contribution in [1.29, 1.82) is 0 Å². The van der Waals surface area contributed by atoms with E-state index in [4.69, 9.17) is 5.11 Å². The molecule has 6 heteroatoms. The molecule has 0 atom stereocenters. The van der Waals surface area contributed by atoms with Gasteiger partial charge in [0.25, 0.3) is 10.2 Å². The molecular formula is C13H28N2O3S. The summed E-state index contributed by atoms with van der Waals surface area (Å²) in [5.74, 6) is 0.